The van der Waals surface area contributed by atoms with Gasteiger partial charge in [0.2, 0.25) is 5.44 Å². The number of hydrogen-bond donors (Lipinski definition) is 4. The first-order valence-corrected chi connectivity index (χ1v) is 5.66. The molecule has 1 rings (SSSR count). The molecule has 78 valence electrons. The number of rotatable bonds is 1. The summed E-state index contributed by atoms with van der Waals surface area (Å²) in [6.07, 6.45) is 0. The molecule has 1 aliphatic heterocycles. The quantitative estimate of drug-likeness (QED) is 0.434. The van der Waals surface area contributed by atoms with E-state index in [1.165, 1.54) is 11.8 Å². The molecule has 0 saturated carbocycles. The number of carbonyl (C=O) groups is 1. The third kappa shape index (κ3) is 9.81. The highest BCUT2D eigenvalue weighted by Gasteiger charge is 2.22. The highest BCUT2D eigenvalue weighted by molar-refractivity contribution is 8.00. The second-order valence-corrected chi connectivity index (χ2v) is 4.12. The number of phosphoric acid groups is 1. The number of carboxylic acid groups (broad SMARTS) is 1. The second kappa shape index (κ2) is 5.58. The van der Waals surface area contributed by atoms with Crippen LogP contribution in [0.15, 0.2) is 0 Å². The van der Waals surface area contributed by atoms with Crippen LogP contribution in [0.5, 0.6) is 0 Å². The Kier molecular flexibility index (Phi) is 5.54. The Hall–Kier alpha value is -0.110. The van der Waals surface area contributed by atoms with E-state index in [9.17, 15) is 4.79 Å². The molecular weight excluding hydrogens is 223 g/mol. The van der Waals surface area contributed by atoms with Gasteiger partial charge in [0, 0.05) is 5.75 Å². The minimum Gasteiger partial charge on any atom is -0.479 e. The highest BCUT2D eigenvalue weighted by Crippen LogP contribution is 2.25. The predicted molar refractivity (Wildman–Crippen MR) is 44.1 cm³/mol. The SMILES string of the molecule is O=C(O)C1OCCS1.O=P(O)(O)O. The van der Waals surface area contributed by atoms with Crippen molar-refractivity contribution in [3.63, 3.8) is 0 Å². The molecule has 0 aromatic rings. The Morgan fingerprint density at radius 1 is 1.46 bits per heavy atom. The van der Waals surface area contributed by atoms with Crippen LogP contribution < -0.4 is 0 Å². The molecular formula is C4H9O7PS. The summed E-state index contributed by atoms with van der Waals surface area (Å²) in [7, 11) is -4.64. The van der Waals surface area contributed by atoms with Gasteiger partial charge in [0.05, 0.1) is 6.61 Å². The summed E-state index contributed by atoms with van der Waals surface area (Å²) >= 11 is 1.33. The van der Waals surface area contributed by atoms with E-state index < -0.39 is 19.2 Å². The second-order valence-electron chi connectivity index (χ2n) is 1.93. The molecule has 1 fully saturated rings. The maximum atomic E-state index is 10.1. The van der Waals surface area contributed by atoms with E-state index >= 15 is 0 Å². The predicted octanol–water partition coefficient (Wildman–Crippen LogP) is -0.768. The number of hydrogen-bond acceptors (Lipinski definition) is 4. The van der Waals surface area contributed by atoms with Crippen LogP contribution in [-0.2, 0) is 14.1 Å². The minimum atomic E-state index is -4.64. The van der Waals surface area contributed by atoms with E-state index in [0.717, 1.165) is 5.75 Å². The van der Waals surface area contributed by atoms with Gasteiger partial charge in [-0.15, -0.1) is 11.8 Å². The molecule has 0 amide bonds. The minimum absolute atomic E-state index is 0.571. The Balaban J connectivity index is 0.000000252. The van der Waals surface area contributed by atoms with Gasteiger partial charge in [0.1, 0.15) is 0 Å². The fourth-order valence-electron chi connectivity index (χ4n) is 0.501. The van der Waals surface area contributed by atoms with E-state index in [2.05, 4.69) is 0 Å². The molecule has 9 heteroatoms. The Morgan fingerprint density at radius 3 is 2.08 bits per heavy atom. The van der Waals surface area contributed by atoms with Crippen molar-refractivity contribution < 1.29 is 33.9 Å². The molecule has 1 atom stereocenters. The van der Waals surface area contributed by atoms with Crippen molar-refractivity contribution >= 4 is 25.6 Å². The van der Waals surface area contributed by atoms with Crippen molar-refractivity contribution in [3.8, 4) is 0 Å². The zero-order valence-corrected chi connectivity index (χ0v) is 8.07. The zero-order chi connectivity index (χ0) is 10.5. The molecule has 4 N–H and O–H groups in total. The first kappa shape index (κ1) is 12.9. The molecule has 1 aliphatic rings. The molecule has 0 spiro atoms. The topological polar surface area (TPSA) is 124 Å². The van der Waals surface area contributed by atoms with E-state index in [1.807, 2.05) is 0 Å². The summed E-state index contributed by atoms with van der Waals surface area (Å²) in [4.78, 5) is 31.6. The molecule has 7 nitrogen and oxygen atoms in total. The first-order valence-electron chi connectivity index (χ1n) is 3.05. The van der Waals surface area contributed by atoms with Gasteiger partial charge in [0.15, 0.2) is 0 Å². The molecule has 0 radical (unpaired) electrons. The highest BCUT2D eigenvalue weighted by atomic mass is 32.2. The van der Waals surface area contributed by atoms with E-state index in [1.54, 1.807) is 0 Å². The lowest BCUT2D eigenvalue weighted by Crippen LogP contribution is -2.14. The monoisotopic (exact) mass is 232 g/mol. The fourth-order valence-corrected chi connectivity index (χ4v) is 1.24. The molecule has 1 saturated heterocycles. The standard InChI is InChI=1S/C4H6O3S.H3O4P/c5-3(6)4-7-1-2-8-4;1-5(2,3)4/h4H,1-2H2,(H,5,6);(H3,1,2,3,4). The lowest BCUT2D eigenvalue weighted by atomic mass is 10.7. The number of ether oxygens (including phenoxy) is 1. The summed E-state index contributed by atoms with van der Waals surface area (Å²) in [5.74, 6) is -0.0655. The summed E-state index contributed by atoms with van der Waals surface area (Å²) in [6.45, 7) is 0.571. The van der Waals surface area contributed by atoms with Gasteiger partial charge < -0.3 is 24.5 Å². The van der Waals surface area contributed by atoms with E-state index in [-0.39, 0.29) is 0 Å². The lowest BCUT2D eigenvalue weighted by Gasteiger charge is -1.97. The Morgan fingerprint density at radius 2 is 1.92 bits per heavy atom. The number of carboxylic acids is 1. The third-order valence-electron chi connectivity index (χ3n) is 0.823. The van der Waals surface area contributed by atoms with E-state index in [0.29, 0.717) is 6.61 Å². The third-order valence-corrected chi connectivity index (χ3v) is 1.87. The van der Waals surface area contributed by atoms with Gasteiger partial charge in [-0.1, -0.05) is 0 Å². The van der Waals surface area contributed by atoms with Crippen LogP contribution in [-0.4, -0.2) is 43.6 Å². The van der Waals surface area contributed by atoms with Crippen molar-refractivity contribution in [2.45, 2.75) is 5.44 Å². The molecule has 13 heavy (non-hydrogen) atoms. The van der Waals surface area contributed by atoms with Crippen molar-refractivity contribution in [2.24, 2.45) is 0 Å². The van der Waals surface area contributed by atoms with Crippen molar-refractivity contribution in [1.82, 2.24) is 0 Å². The van der Waals surface area contributed by atoms with Crippen LogP contribution in [0, 0.1) is 0 Å². The zero-order valence-electron chi connectivity index (χ0n) is 6.36. The van der Waals surface area contributed by atoms with Gasteiger partial charge in [-0.25, -0.2) is 9.36 Å². The average Bonchev–Trinajstić information content (AvgIpc) is 2.31. The lowest BCUT2D eigenvalue weighted by molar-refractivity contribution is -0.143. The Labute approximate surface area is 78.0 Å². The summed E-state index contributed by atoms with van der Waals surface area (Å²) in [5, 5.41) is 8.27. The number of thioether (sulfide) groups is 1. The molecule has 1 heterocycles. The molecule has 0 aromatic carbocycles. The van der Waals surface area contributed by atoms with Gasteiger partial charge >= 0.3 is 13.8 Å². The van der Waals surface area contributed by atoms with Crippen molar-refractivity contribution in [3.05, 3.63) is 0 Å². The van der Waals surface area contributed by atoms with Crippen LogP contribution in [0.2, 0.25) is 0 Å². The normalized spacial score (nSPS) is 21.9. The van der Waals surface area contributed by atoms with Crippen molar-refractivity contribution in [2.75, 3.05) is 12.4 Å². The Bertz CT molecular complexity index is 198. The summed E-state index contributed by atoms with van der Waals surface area (Å²) in [5.41, 5.74) is -0.602. The molecule has 1 unspecified atom stereocenters. The van der Waals surface area contributed by atoms with Crippen LogP contribution >= 0.6 is 19.6 Å². The van der Waals surface area contributed by atoms with Crippen molar-refractivity contribution in [1.29, 1.82) is 0 Å². The molecule has 0 bridgehead atoms. The molecule has 0 aliphatic carbocycles. The van der Waals surface area contributed by atoms with Gasteiger partial charge in [-0.3, -0.25) is 0 Å². The smallest absolute Gasteiger partial charge is 0.466 e. The largest absolute Gasteiger partial charge is 0.479 e. The number of aliphatic carboxylic acids is 1. The van der Waals surface area contributed by atoms with Crippen LogP contribution in [0.25, 0.3) is 0 Å². The van der Waals surface area contributed by atoms with Gasteiger partial charge in [-0.2, -0.15) is 0 Å². The maximum absolute atomic E-state index is 10.1. The summed E-state index contributed by atoms with van der Waals surface area (Å²) in [6, 6.07) is 0. The maximum Gasteiger partial charge on any atom is 0.466 e. The van der Waals surface area contributed by atoms with Gasteiger partial charge in [-0.05, 0) is 0 Å². The van der Waals surface area contributed by atoms with Crippen LogP contribution in [0.3, 0.4) is 0 Å². The average molecular weight is 232 g/mol. The molecule has 0 aromatic heterocycles. The first-order chi connectivity index (χ1) is 5.80. The van der Waals surface area contributed by atoms with Crippen LogP contribution in [0.1, 0.15) is 0 Å². The van der Waals surface area contributed by atoms with Gasteiger partial charge in [0.25, 0.3) is 0 Å². The van der Waals surface area contributed by atoms with E-state index in [4.69, 9.17) is 29.1 Å². The van der Waals surface area contributed by atoms with Crippen LogP contribution in [0.4, 0.5) is 0 Å². The fraction of sp³-hybridized carbons (Fsp3) is 0.750. The summed E-state index contributed by atoms with van der Waals surface area (Å²) < 4.78 is 13.7.